The minimum absolute atomic E-state index is 0.140. The quantitative estimate of drug-likeness (QED) is 0.669. The number of carbonyl (C=O) groups is 1. The minimum Gasteiger partial charge on any atom is -0.474 e. The van der Waals surface area contributed by atoms with Crippen LogP contribution >= 0.6 is 0 Å². The Hall–Kier alpha value is -2.98. The second kappa shape index (κ2) is 8.36. The fourth-order valence-electron chi connectivity index (χ4n) is 2.54. The molecule has 3 rings (SSSR count). The second-order valence-corrected chi connectivity index (χ2v) is 7.59. The number of fused-ring (bicyclic) bond motifs is 1. The van der Waals surface area contributed by atoms with Crippen LogP contribution in [0.1, 0.15) is 12.5 Å². The second-order valence-electron chi connectivity index (χ2n) is 5.94. The Morgan fingerprint density at radius 1 is 1.25 bits per heavy atom. The Morgan fingerprint density at radius 3 is 2.82 bits per heavy atom. The van der Waals surface area contributed by atoms with Gasteiger partial charge in [-0.15, -0.1) is 0 Å². The molecule has 28 heavy (non-hydrogen) atoms. The Bertz CT molecular complexity index is 1010. The molecule has 1 aliphatic heterocycles. The van der Waals surface area contributed by atoms with Crippen LogP contribution in [0.4, 0.5) is 5.69 Å². The van der Waals surface area contributed by atoms with E-state index in [4.69, 9.17) is 9.47 Å². The molecule has 1 atom stereocenters. The van der Waals surface area contributed by atoms with Crippen LogP contribution in [0.15, 0.2) is 52.5 Å². The van der Waals surface area contributed by atoms with E-state index in [9.17, 15) is 13.2 Å². The molecule has 1 aromatic carbocycles. The molecule has 9 nitrogen and oxygen atoms in total. The van der Waals surface area contributed by atoms with Crippen molar-refractivity contribution >= 4 is 27.5 Å². The van der Waals surface area contributed by atoms with Crippen molar-refractivity contribution < 1.29 is 22.7 Å². The van der Waals surface area contributed by atoms with Gasteiger partial charge in [-0.25, -0.2) is 13.4 Å². The number of hydrogen-bond acceptors (Lipinski definition) is 7. The molecule has 0 aliphatic carbocycles. The van der Waals surface area contributed by atoms with Gasteiger partial charge in [0.1, 0.15) is 24.2 Å². The number of hydrogen-bond donors (Lipinski definition) is 2. The van der Waals surface area contributed by atoms with Crippen LogP contribution in [-0.4, -0.2) is 51.5 Å². The Morgan fingerprint density at radius 2 is 2.04 bits per heavy atom. The predicted octanol–water partition coefficient (Wildman–Crippen LogP) is 1.17. The van der Waals surface area contributed by atoms with Gasteiger partial charge in [0.15, 0.2) is 0 Å². The lowest BCUT2D eigenvalue weighted by Crippen LogP contribution is -2.29. The van der Waals surface area contributed by atoms with Crippen LogP contribution < -0.4 is 14.8 Å². The molecule has 0 unspecified atom stereocenters. The van der Waals surface area contributed by atoms with E-state index in [1.54, 1.807) is 50.6 Å². The molecular formula is C18H20N4O5S. The number of carbonyl (C=O) groups excluding carboxylic acids is 1. The number of amides is 1. The summed E-state index contributed by atoms with van der Waals surface area (Å²) in [5, 5.41) is 2.70. The maximum Gasteiger partial charge on any atom is 0.263 e. The molecule has 148 valence electrons. The number of amidine groups is 1. The van der Waals surface area contributed by atoms with Gasteiger partial charge in [0.05, 0.1) is 11.5 Å². The highest BCUT2D eigenvalue weighted by Gasteiger charge is 2.31. The number of anilines is 1. The van der Waals surface area contributed by atoms with E-state index >= 15 is 0 Å². The summed E-state index contributed by atoms with van der Waals surface area (Å²) in [5.74, 6) is -0.0265. The van der Waals surface area contributed by atoms with Gasteiger partial charge >= 0.3 is 0 Å². The maximum absolute atomic E-state index is 12.6. The molecule has 0 radical (unpaired) electrons. The van der Waals surface area contributed by atoms with E-state index in [2.05, 4.69) is 20.0 Å². The van der Waals surface area contributed by atoms with Gasteiger partial charge in [-0.05, 0) is 31.2 Å². The number of aliphatic imine (C=N–C) groups is 1. The van der Waals surface area contributed by atoms with Crippen LogP contribution in [0.25, 0.3) is 0 Å². The van der Waals surface area contributed by atoms with Gasteiger partial charge in [-0.2, -0.15) is 0 Å². The van der Waals surface area contributed by atoms with Gasteiger partial charge in [-0.3, -0.25) is 14.5 Å². The third-order valence-electron chi connectivity index (χ3n) is 3.92. The number of pyridine rings is 1. The van der Waals surface area contributed by atoms with Crippen LogP contribution in [0, 0.1) is 0 Å². The zero-order valence-corrected chi connectivity index (χ0v) is 16.2. The van der Waals surface area contributed by atoms with Crippen molar-refractivity contribution in [2.75, 3.05) is 25.6 Å². The van der Waals surface area contributed by atoms with Gasteiger partial charge in [0.25, 0.3) is 10.0 Å². The Kier molecular flexibility index (Phi) is 5.90. The summed E-state index contributed by atoms with van der Waals surface area (Å²) < 4.78 is 37.1. The van der Waals surface area contributed by atoms with Crippen LogP contribution in [0.5, 0.6) is 5.88 Å². The number of methoxy groups -OCH3 is 1. The standard InChI is InChI=1S/C18H20N4O5S/c1-12(20-16-13-6-3-4-8-15(13)28(24,25)22-16)17(23)21-14-7-5-9-19-18(14)27-11-10-26-2/h3-9,12H,10-11H2,1-2H3,(H,20,22)(H,21,23)/t12-/m0/s1. The lowest BCUT2D eigenvalue weighted by atomic mass is 10.2. The molecule has 2 aromatic rings. The molecule has 2 heterocycles. The maximum atomic E-state index is 12.6. The molecular weight excluding hydrogens is 384 g/mol. The average Bonchev–Trinajstić information content (AvgIpc) is 2.94. The number of nitrogens with one attached hydrogen (secondary N) is 2. The minimum atomic E-state index is -3.66. The fourth-order valence-corrected chi connectivity index (χ4v) is 3.78. The van der Waals surface area contributed by atoms with Gasteiger partial charge in [-0.1, -0.05) is 12.1 Å². The van der Waals surface area contributed by atoms with E-state index < -0.39 is 22.0 Å². The number of nitrogens with zero attached hydrogens (tertiary/aromatic N) is 2. The van der Waals surface area contributed by atoms with E-state index in [0.29, 0.717) is 17.9 Å². The number of rotatable bonds is 7. The highest BCUT2D eigenvalue weighted by molar-refractivity contribution is 7.90. The summed E-state index contributed by atoms with van der Waals surface area (Å²) in [4.78, 5) is 21.0. The molecule has 0 spiro atoms. The third-order valence-corrected chi connectivity index (χ3v) is 5.32. The van der Waals surface area contributed by atoms with E-state index in [-0.39, 0.29) is 23.2 Å². The molecule has 0 fully saturated rings. The molecule has 2 N–H and O–H groups in total. The smallest absolute Gasteiger partial charge is 0.263 e. The van der Waals surface area contributed by atoms with Gasteiger partial charge in [0, 0.05) is 18.9 Å². The van der Waals surface area contributed by atoms with Crippen molar-refractivity contribution in [2.45, 2.75) is 17.9 Å². The van der Waals surface area contributed by atoms with Gasteiger partial charge in [0.2, 0.25) is 11.8 Å². The van der Waals surface area contributed by atoms with Crippen LogP contribution in [0.3, 0.4) is 0 Å². The third kappa shape index (κ3) is 4.29. The largest absolute Gasteiger partial charge is 0.474 e. The number of ether oxygens (including phenoxy) is 2. The topological polar surface area (TPSA) is 119 Å². The summed E-state index contributed by atoms with van der Waals surface area (Å²) in [7, 11) is -2.10. The number of benzene rings is 1. The molecule has 1 aromatic heterocycles. The highest BCUT2D eigenvalue weighted by atomic mass is 32.2. The zero-order chi connectivity index (χ0) is 20.1. The predicted molar refractivity (Wildman–Crippen MR) is 103 cm³/mol. The molecule has 1 amide bonds. The first kappa shape index (κ1) is 19.8. The summed E-state index contributed by atoms with van der Waals surface area (Å²) in [5.41, 5.74) is 0.829. The Balaban J connectivity index is 1.76. The van der Waals surface area contributed by atoms with E-state index in [1.807, 2.05) is 0 Å². The van der Waals surface area contributed by atoms with E-state index in [1.165, 1.54) is 6.07 Å². The van der Waals surface area contributed by atoms with Crippen molar-refractivity contribution in [3.8, 4) is 5.88 Å². The molecule has 0 bridgehead atoms. The van der Waals surface area contributed by atoms with E-state index in [0.717, 1.165) is 0 Å². The first-order chi connectivity index (χ1) is 13.4. The first-order valence-corrected chi connectivity index (χ1v) is 9.98. The van der Waals surface area contributed by atoms with Crippen molar-refractivity contribution in [1.82, 2.24) is 9.71 Å². The molecule has 1 aliphatic rings. The van der Waals surface area contributed by atoms with Crippen molar-refractivity contribution in [1.29, 1.82) is 0 Å². The fraction of sp³-hybridized carbons (Fsp3) is 0.278. The summed E-state index contributed by atoms with van der Waals surface area (Å²) in [6.07, 6.45) is 1.55. The van der Waals surface area contributed by atoms with Crippen molar-refractivity contribution in [3.05, 3.63) is 48.2 Å². The highest BCUT2D eigenvalue weighted by Crippen LogP contribution is 2.23. The van der Waals surface area contributed by atoms with Crippen LogP contribution in [-0.2, 0) is 19.6 Å². The summed E-state index contributed by atoms with van der Waals surface area (Å²) in [6.45, 7) is 2.24. The lowest BCUT2D eigenvalue weighted by Gasteiger charge is -2.13. The van der Waals surface area contributed by atoms with Crippen molar-refractivity contribution in [3.63, 3.8) is 0 Å². The Labute approximate surface area is 162 Å². The summed E-state index contributed by atoms with van der Waals surface area (Å²) >= 11 is 0. The summed E-state index contributed by atoms with van der Waals surface area (Å²) in [6, 6.07) is 8.93. The zero-order valence-electron chi connectivity index (χ0n) is 15.4. The van der Waals surface area contributed by atoms with Crippen molar-refractivity contribution in [2.24, 2.45) is 4.99 Å². The number of aromatic nitrogens is 1. The monoisotopic (exact) mass is 404 g/mol. The molecule has 0 saturated carbocycles. The normalized spacial score (nSPS) is 16.9. The SMILES string of the molecule is COCCOc1ncccc1NC(=O)[C@H](C)N=C1NS(=O)(=O)c2ccccc21. The molecule has 0 saturated heterocycles. The van der Waals surface area contributed by atoms with Gasteiger partial charge < -0.3 is 14.8 Å². The molecule has 10 heteroatoms. The average molecular weight is 404 g/mol. The number of sulfonamides is 1. The lowest BCUT2D eigenvalue weighted by molar-refractivity contribution is -0.117. The van der Waals surface area contributed by atoms with Crippen LogP contribution in [0.2, 0.25) is 0 Å². The first-order valence-electron chi connectivity index (χ1n) is 8.50.